The smallest absolute Gasteiger partial charge is 0.436 e. The second kappa shape index (κ2) is 19.8. The third-order valence-corrected chi connectivity index (χ3v) is 10.0. The third-order valence-electron chi connectivity index (χ3n) is 8.87. The van der Waals surface area contributed by atoms with Crippen molar-refractivity contribution in [1.29, 1.82) is 0 Å². The quantitative estimate of drug-likeness (QED) is 0.0990. The van der Waals surface area contributed by atoms with Gasteiger partial charge in [0, 0.05) is 60.4 Å². The Morgan fingerprint density at radius 3 is 2.08 bits per heavy atom. The number of likely N-dealkylation sites (tertiary alicyclic amines) is 2. The fourth-order valence-corrected chi connectivity index (χ4v) is 7.00. The van der Waals surface area contributed by atoms with Gasteiger partial charge in [0.2, 0.25) is 17.8 Å². The molecule has 0 spiro atoms. The number of rotatable bonds is 13. The first-order valence-electron chi connectivity index (χ1n) is 17.3. The Kier molecular flexibility index (Phi) is 15.8. The molecule has 0 radical (unpaired) electrons. The number of carbonyl (C=O) groups excluding carboxylic acids is 6. The molecule has 53 heavy (non-hydrogen) atoms. The molecule has 1 N–H and O–H groups in total. The Hall–Kier alpha value is -4.94. The number of carbonyl (C=O) groups is 6. The van der Waals surface area contributed by atoms with Crippen LogP contribution in [0.4, 0.5) is 15.3 Å². The zero-order valence-electron chi connectivity index (χ0n) is 31.1. The lowest BCUT2D eigenvalue weighted by Gasteiger charge is -2.37. The fraction of sp³-hybridized carbons (Fsp3) is 0.618. The fourth-order valence-electron chi connectivity index (χ4n) is 6.08. The van der Waals surface area contributed by atoms with Crippen molar-refractivity contribution in [1.82, 2.24) is 20.0 Å². The van der Waals surface area contributed by atoms with Gasteiger partial charge in [-0.05, 0) is 50.7 Å². The van der Waals surface area contributed by atoms with Crippen LogP contribution in [0, 0.1) is 5.92 Å². The van der Waals surface area contributed by atoms with Crippen LogP contribution < -0.4 is 10.2 Å². The summed E-state index contributed by atoms with van der Waals surface area (Å²) in [6, 6.07) is 5.09. The largest absolute Gasteiger partial charge is 0.462 e. The first-order chi connectivity index (χ1) is 25.0. The monoisotopic (exact) mass is 766 g/mol. The average molecular weight is 767 g/mol. The minimum Gasteiger partial charge on any atom is -0.462 e. The molecule has 2 heterocycles. The number of likely N-dealkylation sites (N-methyl/N-ethyl adjacent to an activating group) is 2. The number of anilines is 1. The molecule has 2 fully saturated rings. The van der Waals surface area contributed by atoms with E-state index in [0.29, 0.717) is 57.5 Å². The molecule has 18 nitrogen and oxygen atoms in total. The van der Waals surface area contributed by atoms with Gasteiger partial charge in [-0.2, -0.15) is 0 Å². The molecular formula is C34H50N6O12S. The highest BCUT2D eigenvalue weighted by Crippen LogP contribution is 2.28. The molecule has 2 aliphatic heterocycles. The molecule has 2 aliphatic rings. The lowest BCUT2D eigenvalue weighted by molar-refractivity contribution is -0.144. The summed E-state index contributed by atoms with van der Waals surface area (Å²) in [5, 5.41) is 2.43. The van der Waals surface area contributed by atoms with Gasteiger partial charge < -0.3 is 38.5 Å². The van der Waals surface area contributed by atoms with Crippen molar-refractivity contribution in [3.8, 4) is 0 Å². The highest BCUT2D eigenvalue weighted by Gasteiger charge is 2.39. The van der Waals surface area contributed by atoms with Crippen LogP contribution in [0.5, 0.6) is 0 Å². The predicted molar refractivity (Wildman–Crippen MR) is 191 cm³/mol. The minimum absolute atomic E-state index is 0.0518. The molecule has 0 aliphatic carbocycles. The van der Waals surface area contributed by atoms with Gasteiger partial charge >= 0.3 is 24.1 Å². The molecular weight excluding hydrogens is 716 g/mol. The summed E-state index contributed by atoms with van der Waals surface area (Å²) in [6.07, 6.45) is 1.43. The molecule has 0 aromatic heterocycles. The summed E-state index contributed by atoms with van der Waals surface area (Å²) < 4.78 is 44.3. The normalized spacial score (nSPS) is 17.0. The number of aliphatic imine (C=N–C) groups is 1. The van der Waals surface area contributed by atoms with Gasteiger partial charge in [-0.1, -0.05) is 12.1 Å². The van der Waals surface area contributed by atoms with E-state index in [0.717, 1.165) is 6.26 Å². The van der Waals surface area contributed by atoms with E-state index in [9.17, 15) is 37.2 Å². The van der Waals surface area contributed by atoms with Crippen LogP contribution in [0.2, 0.25) is 0 Å². The van der Waals surface area contributed by atoms with Crippen molar-refractivity contribution >= 4 is 57.4 Å². The van der Waals surface area contributed by atoms with Crippen molar-refractivity contribution < 1.29 is 56.1 Å². The van der Waals surface area contributed by atoms with Crippen LogP contribution in [-0.2, 0) is 48.0 Å². The van der Waals surface area contributed by atoms with E-state index in [4.69, 9.17) is 18.9 Å². The summed E-state index contributed by atoms with van der Waals surface area (Å²) >= 11 is 0. The van der Waals surface area contributed by atoms with Crippen LogP contribution >= 0.6 is 0 Å². The molecule has 3 rings (SSSR count). The highest BCUT2D eigenvalue weighted by molar-refractivity contribution is 7.90. The molecule has 1 unspecified atom stereocenters. The maximum Gasteiger partial charge on any atom is 0.436 e. The van der Waals surface area contributed by atoms with E-state index >= 15 is 0 Å². The summed E-state index contributed by atoms with van der Waals surface area (Å²) in [4.78, 5) is 84.8. The lowest BCUT2D eigenvalue weighted by Crippen LogP contribution is -2.53. The molecule has 294 valence electrons. The molecule has 2 atom stereocenters. The molecule has 1 aromatic rings. The van der Waals surface area contributed by atoms with Crippen molar-refractivity contribution in [2.45, 2.75) is 63.4 Å². The topological polar surface area (TPSA) is 211 Å². The van der Waals surface area contributed by atoms with E-state index in [1.165, 1.54) is 19.9 Å². The van der Waals surface area contributed by atoms with Gasteiger partial charge in [-0.15, -0.1) is 4.99 Å². The van der Waals surface area contributed by atoms with Crippen LogP contribution in [0.1, 0.15) is 46.5 Å². The molecule has 4 amide bonds. The van der Waals surface area contributed by atoms with Gasteiger partial charge in [0.1, 0.15) is 38.5 Å². The van der Waals surface area contributed by atoms with E-state index in [1.54, 1.807) is 58.8 Å². The number of hydrogen-bond acceptors (Lipinski definition) is 13. The molecule has 1 aromatic carbocycles. The number of nitrogens with one attached hydrogen (secondary N) is 1. The molecule has 2 saturated heterocycles. The summed E-state index contributed by atoms with van der Waals surface area (Å²) in [7, 11) is -0.194. The number of ether oxygens (including phenoxy) is 4. The third kappa shape index (κ3) is 12.9. The molecule has 19 heteroatoms. The second-order valence-corrected chi connectivity index (χ2v) is 14.8. The SMILES string of the molecule is CC(=O)OCCOC(=O)N=C(NC(=O)OCCOC(C)=O)N1CCC(CN(C)C(=O)[C@@H]2CCCN2C(=O)C(C)N(C)c2ccccc2S(C)(=O)=O)CC1. The second-order valence-electron chi connectivity index (χ2n) is 12.9. The van der Waals surface area contributed by atoms with E-state index < -0.39 is 46.0 Å². The Morgan fingerprint density at radius 1 is 0.887 bits per heavy atom. The van der Waals surface area contributed by atoms with Crippen molar-refractivity contribution in [2.75, 3.05) is 77.9 Å². The van der Waals surface area contributed by atoms with Gasteiger partial charge in [0.25, 0.3) is 0 Å². The Morgan fingerprint density at radius 2 is 1.47 bits per heavy atom. The predicted octanol–water partition coefficient (Wildman–Crippen LogP) is 1.42. The number of amides is 4. The zero-order valence-corrected chi connectivity index (χ0v) is 31.9. The number of benzene rings is 1. The van der Waals surface area contributed by atoms with E-state index in [1.807, 2.05) is 0 Å². The van der Waals surface area contributed by atoms with Gasteiger partial charge in [-0.3, -0.25) is 24.5 Å². The number of nitrogens with zero attached hydrogens (tertiary/aromatic N) is 5. The Balaban J connectivity index is 1.60. The standard InChI is InChI=1S/C34H50N6O12S/c1-23(38(5)27-10-7-8-12-29(27)53(6,47)48)30(43)40-15-9-11-28(40)31(44)37(4)22-26-13-16-39(17-14-26)32(35-33(45)51-20-18-49-24(2)41)36-34(46)52-21-19-50-25(3)42/h7-8,10,12,23,26,28H,9,11,13-22H2,1-6H3,(H,35,36,45,46)/t23?,28-/m0/s1. The zero-order chi connectivity index (χ0) is 39.3. The van der Waals surface area contributed by atoms with Crippen LogP contribution in [-0.4, -0.2) is 150 Å². The van der Waals surface area contributed by atoms with E-state index in [2.05, 4.69) is 10.3 Å². The van der Waals surface area contributed by atoms with Crippen molar-refractivity contribution in [3.05, 3.63) is 24.3 Å². The number of guanidine groups is 1. The van der Waals surface area contributed by atoms with Crippen molar-refractivity contribution in [3.63, 3.8) is 0 Å². The van der Waals surface area contributed by atoms with Crippen LogP contribution in [0.25, 0.3) is 0 Å². The number of alkyl carbamates (subject to hydrolysis) is 1. The summed E-state index contributed by atoms with van der Waals surface area (Å²) in [5.74, 6) is -1.62. The summed E-state index contributed by atoms with van der Waals surface area (Å²) in [5.41, 5.74) is 0.400. The van der Waals surface area contributed by atoms with E-state index in [-0.39, 0.29) is 55.0 Å². The number of esters is 2. The first kappa shape index (κ1) is 42.5. The molecule has 0 bridgehead atoms. The number of para-hydroxylation sites is 1. The minimum atomic E-state index is -3.55. The molecule has 0 saturated carbocycles. The highest BCUT2D eigenvalue weighted by atomic mass is 32.2. The van der Waals surface area contributed by atoms with Crippen LogP contribution in [0.15, 0.2) is 34.2 Å². The Bertz CT molecular complexity index is 1630. The number of hydrogen-bond donors (Lipinski definition) is 1. The van der Waals surface area contributed by atoms with Crippen LogP contribution in [0.3, 0.4) is 0 Å². The van der Waals surface area contributed by atoms with Gasteiger partial charge in [0.15, 0.2) is 9.84 Å². The van der Waals surface area contributed by atoms with Gasteiger partial charge in [-0.25, -0.2) is 18.0 Å². The first-order valence-corrected chi connectivity index (χ1v) is 19.2. The number of sulfone groups is 1. The maximum atomic E-state index is 13.7. The number of piperidine rings is 1. The maximum absolute atomic E-state index is 13.7. The lowest BCUT2D eigenvalue weighted by atomic mass is 9.96. The van der Waals surface area contributed by atoms with Gasteiger partial charge in [0.05, 0.1) is 10.6 Å². The summed E-state index contributed by atoms with van der Waals surface area (Å²) in [6.45, 7) is 4.83. The van der Waals surface area contributed by atoms with Crippen molar-refractivity contribution in [2.24, 2.45) is 10.9 Å². The average Bonchev–Trinajstić information content (AvgIpc) is 3.60. The Labute approximate surface area is 309 Å².